The van der Waals surface area contributed by atoms with Gasteiger partial charge in [0.2, 0.25) is 0 Å². The average Bonchev–Trinajstić information content (AvgIpc) is 3.46. The molecule has 7 heteroatoms. The van der Waals surface area contributed by atoms with E-state index in [4.69, 9.17) is 4.74 Å². The Morgan fingerprint density at radius 3 is 2.50 bits per heavy atom. The molecule has 4 atom stereocenters. The van der Waals surface area contributed by atoms with Gasteiger partial charge in [-0.05, 0) is 38.2 Å². The van der Waals surface area contributed by atoms with Gasteiger partial charge >= 0.3 is 5.97 Å². The quantitative estimate of drug-likeness (QED) is 0.331. The summed E-state index contributed by atoms with van der Waals surface area (Å²) >= 11 is 0. The second-order valence-corrected chi connectivity index (χ2v) is 8.14. The van der Waals surface area contributed by atoms with E-state index in [1.165, 1.54) is 0 Å². The van der Waals surface area contributed by atoms with Gasteiger partial charge in [-0.25, -0.2) is 0 Å². The number of ether oxygens (including phenoxy) is 1. The van der Waals surface area contributed by atoms with Crippen LogP contribution in [-0.4, -0.2) is 40.2 Å². The van der Waals surface area contributed by atoms with Crippen molar-refractivity contribution in [3.63, 3.8) is 0 Å². The van der Waals surface area contributed by atoms with Gasteiger partial charge in [0.05, 0.1) is 24.7 Å². The lowest BCUT2D eigenvalue weighted by atomic mass is 9.85. The summed E-state index contributed by atoms with van der Waals surface area (Å²) in [4.78, 5) is 37.8. The maximum Gasteiger partial charge on any atom is 0.325 e. The first kappa shape index (κ1) is 18.8. The van der Waals surface area contributed by atoms with Crippen molar-refractivity contribution < 1.29 is 19.1 Å². The number of benzene rings is 1. The molecular weight excluding hydrogens is 382 g/mol. The highest BCUT2D eigenvalue weighted by Crippen LogP contribution is 2.52. The van der Waals surface area contributed by atoms with Crippen molar-refractivity contribution >= 4 is 34.9 Å². The number of hydrazone groups is 1. The fourth-order valence-electron chi connectivity index (χ4n) is 5.28. The Balaban J connectivity index is 1.48. The van der Waals surface area contributed by atoms with E-state index in [-0.39, 0.29) is 48.0 Å². The van der Waals surface area contributed by atoms with Crippen LogP contribution in [-0.2, 0) is 25.7 Å². The highest BCUT2D eigenvalue weighted by atomic mass is 16.5. The molecule has 1 aromatic carbocycles. The largest absolute Gasteiger partial charge is 0.465 e. The van der Waals surface area contributed by atoms with E-state index in [1.807, 2.05) is 35.8 Å². The van der Waals surface area contributed by atoms with Crippen molar-refractivity contribution in [1.82, 2.24) is 9.58 Å². The average molecular weight is 405 g/mol. The van der Waals surface area contributed by atoms with Gasteiger partial charge in [-0.3, -0.25) is 14.4 Å². The minimum absolute atomic E-state index is 0.0920. The molecule has 0 spiro atoms. The molecule has 3 aliphatic rings. The molecule has 2 aliphatic carbocycles. The van der Waals surface area contributed by atoms with Crippen LogP contribution in [0.25, 0.3) is 10.9 Å². The molecule has 0 unspecified atom stereocenters. The number of para-hydroxylation sites is 1. The predicted octanol–water partition coefficient (Wildman–Crippen LogP) is 2.65. The van der Waals surface area contributed by atoms with Gasteiger partial charge in [0.1, 0.15) is 6.54 Å². The molecule has 0 radical (unpaired) electrons. The van der Waals surface area contributed by atoms with Crippen molar-refractivity contribution in [1.29, 1.82) is 0 Å². The third-order valence-electron chi connectivity index (χ3n) is 6.62. The molecule has 2 heterocycles. The first-order valence-corrected chi connectivity index (χ1v) is 10.3. The maximum atomic E-state index is 12.9. The monoisotopic (exact) mass is 405 g/mol. The van der Waals surface area contributed by atoms with Crippen LogP contribution in [0.2, 0.25) is 0 Å². The molecule has 0 N–H and O–H groups in total. The first-order chi connectivity index (χ1) is 14.5. The number of rotatable bonds is 5. The molecule has 5 rings (SSSR count). The second-order valence-electron chi connectivity index (χ2n) is 8.14. The summed E-state index contributed by atoms with van der Waals surface area (Å²) in [5.74, 6) is -0.941. The normalized spacial score (nSPS) is 27.1. The van der Waals surface area contributed by atoms with E-state index in [2.05, 4.69) is 17.3 Å². The fraction of sp³-hybridized carbons (Fsp3) is 0.391. The number of hydrogen-bond donors (Lipinski definition) is 0. The van der Waals surface area contributed by atoms with Crippen LogP contribution in [0.15, 0.2) is 41.5 Å². The molecule has 1 aliphatic heterocycles. The number of hydrogen-bond acceptors (Lipinski definition) is 5. The number of carbonyl (C=O) groups excluding carboxylic acids is 3. The number of fused-ring (bicyclic) bond motifs is 6. The van der Waals surface area contributed by atoms with Crippen molar-refractivity contribution in [2.45, 2.75) is 26.8 Å². The molecule has 154 valence electrons. The van der Waals surface area contributed by atoms with Gasteiger partial charge in [-0.1, -0.05) is 30.4 Å². The predicted molar refractivity (Wildman–Crippen MR) is 110 cm³/mol. The molecule has 30 heavy (non-hydrogen) atoms. The van der Waals surface area contributed by atoms with Crippen LogP contribution >= 0.6 is 0 Å². The zero-order valence-corrected chi connectivity index (χ0v) is 16.9. The number of esters is 1. The number of nitrogens with zero attached hydrogens (tertiary/aromatic N) is 3. The Kier molecular flexibility index (Phi) is 4.34. The number of carbonyl (C=O) groups is 3. The topological polar surface area (TPSA) is 81.0 Å². The molecule has 2 aromatic rings. The van der Waals surface area contributed by atoms with Gasteiger partial charge in [0.25, 0.3) is 11.8 Å². The van der Waals surface area contributed by atoms with Gasteiger partial charge in [-0.15, -0.1) is 0 Å². The lowest BCUT2D eigenvalue weighted by Gasteiger charge is -2.13. The summed E-state index contributed by atoms with van der Waals surface area (Å²) in [7, 11) is 0. The smallest absolute Gasteiger partial charge is 0.325 e. The molecule has 1 aromatic heterocycles. The minimum Gasteiger partial charge on any atom is -0.465 e. The zero-order chi connectivity index (χ0) is 21.0. The van der Waals surface area contributed by atoms with Crippen LogP contribution in [0.4, 0.5) is 0 Å². The van der Waals surface area contributed by atoms with E-state index in [0.29, 0.717) is 6.61 Å². The van der Waals surface area contributed by atoms with Crippen molar-refractivity contribution in [2.24, 2.45) is 28.8 Å². The molecule has 2 bridgehead atoms. The van der Waals surface area contributed by atoms with Crippen LogP contribution in [0.3, 0.4) is 0 Å². The van der Waals surface area contributed by atoms with Crippen molar-refractivity contribution in [3.8, 4) is 0 Å². The first-order valence-electron chi connectivity index (χ1n) is 10.3. The van der Waals surface area contributed by atoms with Gasteiger partial charge in [-0.2, -0.15) is 10.1 Å². The Morgan fingerprint density at radius 2 is 1.83 bits per heavy atom. The minimum atomic E-state index is -0.314. The Bertz CT molecular complexity index is 1100. The number of aromatic nitrogens is 1. The van der Waals surface area contributed by atoms with Gasteiger partial charge in [0, 0.05) is 22.2 Å². The van der Waals surface area contributed by atoms with Crippen LogP contribution < -0.4 is 0 Å². The molecule has 1 saturated carbocycles. The summed E-state index contributed by atoms with van der Waals surface area (Å²) in [6, 6.07) is 7.69. The fourth-order valence-corrected chi connectivity index (χ4v) is 5.28. The summed E-state index contributed by atoms with van der Waals surface area (Å²) in [5, 5.41) is 6.29. The summed E-state index contributed by atoms with van der Waals surface area (Å²) in [5.41, 5.74) is 2.49. The molecule has 2 fully saturated rings. The highest BCUT2D eigenvalue weighted by Gasteiger charge is 2.59. The van der Waals surface area contributed by atoms with E-state index >= 15 is 0 Å². The van der Waals surface area contributed by atoms with Crippen LogP contribution in [0.5, 0.6) is 0 Å². The third kappa shape index (κ3) is 2.65. The Morgan fingerprint density at radius 1 is 1.17 bits per heavy atom. The van der Waals surface area contributed by atoms with E-state index < -0.39 is 0 Å². The SMILES string of the molecule is CCOC(=O)Cn1c(C)c(/C=N\N2C(=O)[C@@H]3[C@H](C2=O)[C@H]2C=C[C@H]3C2)c2ccccc21. The van der Waals surface area contributed by atoms with Gasteiger partial charge < -0.3 is 9.30 Å². The van der Waals surface area contributed by atoms with E-state index in [1.54, 1.807) is 13.1 Å². The second kappa shape index (κ2) is 6.93. The van der Waals surface area contributed by atoms with Crippen LogP contribution in [0.1, 0.15) is 24.6 Å². The lowest BCUT2D eigenvalue weighted by Crippen LogP contribution is -2.28. The maximum absolute atomic E-state index is 12.9. The number of amides is 2. The number of allylic oxidation sites excluding steroid dienone is 2. The third-order valence-corrected chi connectivity index (χ3v) is 6.62. The van der Waals surface area contributed by atoms with E-state index in [0.717, 1.165) is 33.6 Å². The molecule has 2 amide bonds. The van der Waals surface area contributed by atoms with E-state index in [9.17, 15) is 14.4 Å². The Hall–Kier alpha value is -3.22. The Labute approximate surface area is 174 Å². The van der Waals surface area contributed by atoms with Crippen molar-refractivity contribution in [3.05, 3.63) is 47.7 Å². The highest BCUT2D eigenvalue weighted by molar-refractivity contribution is 6.08. The summed E-state index contributed by atoms with van der Waals surface area (Å²) in [6.07, 6.45) is 6.60. The molecule has 1 saturated heterocycles. The summed E-state index contributed by atoms with van der Waals surface area (Å²) in [6.45, 7) is 4.09. The standard InChI is InChI=1S/C23H23N3O4/c1-3-30-19(27)12-25-13(2)17(16-6-4-5-7-18(16)25)11-24-26-22(28)20-14-8-9-15(10-14)21(20)23(26)29/h4-9,11,14-15,20-21H,3,10,12H2,1-2H3/b24-11-/t14-,15-,20-,21+/m0/s1. The molecule has 7 nitrogen and oxygen atoms in total. The van der Waals surface area contributed by atoms with Crippen molar-refractivity contribution in [2.75, 3.05) is 6.61 Å². The van der Waals surface area contributed by atoms with Gasteiger partial charge in [0.15, 0.2) is 0 Å². The number of imide groups is 1. The summed E-state index contributed by atoms with van der Waals surface area (Å²) < 4.78 is 6.98. The molecular formula is C23H23N3O4. The zero-order valence-electron chi connectivity index (χ0n) is 16.9. The van der Waals surface area contributed by atoms with Crippen LogP contribution in [0, 0.1) is 30.6 Å². The lowest BCUT2D eigenvalue weighted by molar-refractivity contribution is -0.144.